The lowest BCUT2D eigenvalue weighted by atomic mass is 10.1. The zero-order valence-electron chi connectivity index (χ0n) is 20.1. The Balaban J connectivity index is 1.55. The van der Waals surface area contributed by atoms with Gasteiger partial charge in [0.15, 0.2) is 5.65 Å². The van der Waals surface area contributed by atoms with Crippen molar-refractivity contribution in [2.45, 2.75) is 45.7 Å². The third kappa shape index (κ3) is 3.50. The number of ether oxygens (including phenoxy) is 1. The predicted molar refractivity (Wildman–Crippen MR) is 132 cm³/mol. The van der Waals surface area contributed by atoms with E-state index in [9.17, 15) is 0 Å². The van der Waals surface area contributed by atoms with E-state index >= 15 is 0 Å². The molecular formula is C25H32N8O. The van der Waals surface area contributed by atoms with E-state index in [1.165, 1.54) is 5.69 Å². The van der Waals surface area contributed by atoms with Gasteiger partial charge in [0.2, 0.25) is 0 Å². The molecule has 0 spiro atoms. The Morgan fingerprint density at radius 2 is 2.03 bits per heavy atom. The Hall–Kier alpha value is -3.17. The smallest absolute Gasteiger partial charge is 0.167 e. The lowest BCUT2D eigenvalue weighted by molar-refractivity contribution is 0.0985. The molecule has 4 aromatic heterocycles. The predicted octanol–water partition coefficient (Wildman–Crippen LogP) is 3.35. The second kappa shape index (κ2) is 8.56. The monoisotopic (exact) mass is 460 g/mol. The fourth-order valence-electron chi connectivity index (χ4n) is 5.47. The standard InChI is InChI=1S/C25H32N8O/c1-16-15-34-12-11-31(16)23-13-22(33-25(29-23)20(14-28-33)21-5-4-8-27-21)24-17(2)30-32(18(24)3)19-6-9-26-10-7-19/h4-5,8,13-14,16,19,26-27H,6-7,9-12,15H2,1-3H3/t16-/m1/s1. The third-order valence-electron chi connectivity index (χ3n) is 7.24. The number of H-pyrrole nitrogens is 1. The minimum atomic E-state index is 0.257. The van der Waals surface area contributed by atoms with Gasteiger partial charge in [-0.05, 0) is 58.8 Å². The zero-order chi connectivity index (χ0) is 23.2. The first-order valence-corrected chi connectivity index (χ1v) is 12.3. The summed E-state index contributed by atoms with van der Waals surface area (Å²) in [6.45, 7) is 10.8. The number of anilines is 1. The number of aromatic nitrogens is 6. The van der Waals surface area contributed by atoms with Crippen LogP contribution in [0.4, 0.5) is 5.82 Å². The first-order chi connectivity index (χ1) is 16.6. The number of aryl methyl sites for hydroxylation is 1. The highest BCUT2D eigenvalue weighted by Crippen LogP contribution is 2.35. The molecule has 2 aliphatic rings. The lowest BCUT2D eigenvalue weighted by Crippen LogP contribution is -2.44. The summed E-state index contributed by atoms with van der Waals surface area (Å²) >= 11 is 0. The van der Waals surface area contributed by atoms with Gasteiger partial charge in [0, 0.05) is 30.1 Å². The maximum Gasteiger partial charge on any atom is 0.167 e. The summed E-state index contributed by atoms with van der Waals surface area (Å²) in [7, 11) is 0. The van der Waals surface area contributed by atoms with Crippen LogP contribution in [-0.2, 0) is 4.74 Å². The highest BCUT2D eigenvalue weighted by atomic mass is 16.5. The van der Waals surface area contributed by atoms with E-state index in [4.69, 9.17) is 19.9 Å². The van der Waals surface area contributed by atoms with Gasteiger partial charge < -0.3 is 19.9 Å². The molecule has 0 aliphatic carbocycles. The molecule has 0 aromatic carbocycles. The van der Waals surface area contributed by atoms with Gasteiger partial charge in [0.25, 0.3) is 0 Å². The summed E-state index contributed by atoms with van der Waals surface area (Å²) in [5.41, 5.74) is 7.26. The summed E-state index contributed by atoms with van der Waals surface area (Å²) in [5, 5.41) is 13.3. The maximum atomic E-state index is 5.70. The number of nitrogens with one attached hydrogen (secondary N) is 2. The Morgan fingerprint density at radius 1 is 1.18 bits per heavy atom. The van der Waals surface area contributed by atoms with Crippen LogP contribution in [0.1, 0.15) is 37.2 Å². The number of hydrogen-bond acceptors (Lipinski definition) is 6. The summed E-state index contributed by atoms with van der Waals surface area (Å²) in [6, 6.07) is 6.94. The van der Waals surface area contributed by atoms with Gasteiger partial charge in [0.1, 0.15) is 5.82 Å². The molecule has 1 atom stereocenters. The Labute approximate surface area is 199 Å². The molecule has 6 rings (SSSR count). The van der Waals surface area contributed by atoms with E-state index < -0.39 is 0 Å². The normalized spacial score (nSPS) is 19.9. The van der Waals surface area contributed by atoms with Crippen LogP contribution in [0.2, 0.25) is 0 Å². The van der Waals surface area contributed by atoms with Gasteiger partial charge >= 0.3 is 0 Å². The first kappa shape index (κ1) is 21.4. The highest BCUT2D eigenvalue weighted by Gasteiger charge is 2.27. The Morgan fingerprint density at radius 3 is 2.79 bits per heavy atom. The van der Waals surface area contributed by atoms with E-state index in [1.807, 2.05) is 23.0 Å². The summed E-state index contributed by atoms with van der Waals surface area (Å²) in [6.07, 6.45) is 6.04. The molecule has 2 saturated heterocycles. The van der Waals surface area contributed by atoms with Crippen LogP contribution in [0, 0.1) is 13.8 Å². The summed E-state index contributed by atoms with van der Waals surface area (Å²) < 4.78 is 9.92. The molecular weight excluding hydrogens is 428 g/mol. The number of piperidine rings is 1. The Bertz CT molecular complexity index is 1300. The van der Waals surface area contributed by atoms with Gasteiger partial charge in [-0.2, -0.15) is 10.2 Å². The van der Waals surface area contributed by atoms with Crippen molar-refractivity contribution in [3.05, 3.63) is 42.0 Å². The van der Waals surface area contributed by atoms with Gasteiger partial charge in [-0.25, -0.2) is 9.50 Å². The number of aromatic amines is 1. The second-order valence-electron chi connectivity index (χ2n) is 9.47. The minimum Gasteiger partial charge on any atom is -0.377 e. The Kier molecular flexibility index (Phi) is 5.38. The van der Waals surface area contributed by atoms with Gasteiger partial charge in [-0.15, -0.1) is 0 Å². The van der Waals surface area contributed by atoms with Crippen molar-refractivity contribution < 1.29 is 4.74 Å². The van der Waals surface area contributed by atoms with Crippen molar-refractivity contribution >= 4 is 11.5 Å². The average Bonchev–Trinajstić information content (AvgIpc) is 3.58. The SMILES string of the molecule is Cc1nn(C2CCNCC2)c(C)c1-c1cc(N2CCOC[C@H]2C)nc2c(-c3ccc[nH]3)cnn12. The number of hydrogen-bond donors (Lipinski definition) is 2. The van der Waals surface area contributed by atoms with Crippen molar-refractivity contribution in [2.24, 2.45) is 0 Å². The molecule has 4 aromatic rings. The molecule has 9 nitrogen and oxygen atoms in total. The molecule has 0 radical (unpaired) electrons. The van der Waals surface area contributed by atoms with Crippen molar-refractivity contribution in [1.82, 2.24) is 34.7 Å². The molecule has 0 saturated carbocycles. The fourth-order valence-corrected chi connectivity index (χ4v) is 5.47. The van der Waals surface area contributed by atoms with Gasteiger partial charge in [-0.3, -0.25) is 4.68 Å². The van der Waals surface area contributed by atoms with Crippen LogP contribution in [-0.4, -0.2) is 68.3 Å². The summed E-state index contributed by atoms with van der Waals surface area (Å²) in [5.74, 6) is 0.958. The third-order valence-corrected chi connectivity index (χ3v) is 7.24. The number of morpholine rings is 1. The van der Waals surface area contributed by atoms with E-state index in [0.29, 0.717) is 19.3 Å². The van der Waals surface area contributed by atoms with E-state index in [1.54, 1.807) is 0 Å². The van der Waals surface area contributed by atoms with Crippen LogP contribution in [0.25, 0.3) is 28.2 Å². The van der Waals surface area contributed by atoms with Crippen molar-refractivity contribution in [3.8, 4) is 22.5 Å². The van der Waals surface area contributed by atoms with Gasteiger partial charge in [0.05, 0.1) is 54.1 Å². The lowest BCUT2D eigenvalue weighted by Gasteiger charge is -2.34. The molecule has 34 heavy (non-hydrogen) atoms. The van der Waals surface area contributed by atoms with Crippen molar-refractivity contribution in [1.29, 1.82) is 0 Å². The average molecular weight is 461 g/mol. The first-order valence-electron chi connectivity index (χ1n) is 12.3. The highest BCUT2D eigenvalue weighted by molar-refractivity contribution is 5.80. The molecule has 2 N–H and O–H groups in total. The van der Waals surface area contributed by atoms with Crippen molar-refractivity contribution in [3.63, 3.8) is 0 Å². The molecule has 2 fully saturated rings. The zero-order valence-corrected chi connectivity index (χ0v) is 20.1. The van der Waals surface area contributed by atoms with Crippen LogP contribution in [0.5, 0.6) is 0 Å². The van der Waals surface area contributed by atoms with Crippen molar-refractivity contribution in [2.75, 3.05) is 37.7 Å². The maximum absolute atomic E-state index is 5.70. The minimum absolute atomic E-state index is 0.257. The number of fused-ring (bicyclic) bond motifs is 1. The van der Waals surface area contributed by atoms with Crippen LogP contribution >= 0.6 is 0 Å². The van der Waals surface area contributed by atoms with E-state index in [-0.39, 0.29) is 6.04 Å². The quantitative estimate of drug-likeness (QED) is 0.486. The van der Waals surface area contributed by atoms with Gasteiger partial charge in [-0.1, -0.05) is 0 Å². The fraction of sp³-hybridized carbons (Fsp3) is 0.480. The molecule has 178 valence electrons. The molecule has 9 heteroatoms. The number of nitrogens with zero attached hydrogens (tertiary/aromatic N) is 6. The second-order valence-corrected chi connectivity index (χ2v) is 9.47. The van der Waals surface area contributed by atoms with E-state index in [0.717, 1.165) is 72.1 Å². The topological polar surface area (TPSA) is 88.3 Å². The van der Waals surface area contributed by atoms with Crippen LogP contribution in [0.15, 0.2) is 30.6 Å². The molecule has 6 heterocycles. The molecule has 2 aliphatic heterocycles. The largest absolute Gasteiger partial charge is 0.377 e. The summed E-state index contributed by atoms with van der Waals surface area (Å²) in [4.78, 5) is 10.8. The van der Waals surface area contributed by atoms with E-state index in [2.05, 4.69) is 52.8 Å². The molecule has 0 bridgehead atoms. The molecule has 0 unspecified atom stereocenters. The van der Waals surface area contributed by atoms with Crippen LogP contribution in [0.3, 0.4) is 0 Å². The number of rotatable bonds is 4. The molecule has 0 amide bonds. The van der Waals surface area contributed by atoms with Crippen LogP contribution < -0.4 is 10.2 Å².